The molecule has 5 heteroatoms. The minimum Gasteiger partial charge on any atom is -0.481 e. The van der Waals surface area contributed by atoms with Crippen molar-refractivity contribution in [2.24, 2.45) is 0 Å². The number of ether oxygens (including phenoxy) is 2. The summed E-state index contributed by atoms with van der Waals surface area (Å²) in [6, 6.07) is 17.5. The SMILES string of the molecule is CCOC(=O)CNC(=O)C(C)Oc1ccc(-c2ccccc2)cc1. The fourth-order valence-corrected chi connectivity index (χ4v) is 2.13. The van der Waals surface area contributed by atoms with Crippen molar-refractivity contribution in [2.45, 2.75) is 20.0 Å². The number of hydrogen-bond acceptors (Lipinski definition) is 4. The van der Waals surface area contributed by atoms with Gasteiger partial charge in [-0.25, -0.2) is 0 Å². The fourth-order valence-electron chi connectivity index (χ4n) is 2.13. The molecule has 0 spiro atoms. The summed E-state index contributed by atoms with van der Waals surface area (Å²) in [5.41, 5.74) is 2.19. The Hall–Kier alpha value is -2.82. The third kappa shape index (κ3) is 5.12. The molecule has 2 aromatic carbocycles. The van der Waals surface area contributed by atoms with Gasteiger partial charge in [0.05, 0.1) is 6.61 Å². The molecule has 0 fully saturated rings. The Labute approximate surface area is 141 Å². The van der Waals surface area contributed by atoms with Gasteiger partial charge in [-0.2, -0.15) is 0 Å². The maximum absolute atomic E-state index is 11.9. The molecule has 24 heavy (non-hydrogen) atoms. The Morgan fingerprint density at radius 2 is 1.62 bits per heavy atom. The topological polar surface area (TPSA) is 64.6 Å². The molecule has 1 amide bonds. The maximum atomic E-state index is 11.9. The molecule has 1 unspecified atom stereocenters. The molecule has 0 heterocycles. The van der Waals surface area contributed by atoms with Crippen molar-refractivity contribution in [3.8, 4) is 16.9 Å². The third-order valence-electron chi connectivity index (χ3n) is 3.36. The van der Waals surface area contributed by atoms with Crippen molar-refractivity contribution in [1.82, 2.24) is 5.32 Å². The first-order valence-corrected chi connectivity index (χ1v) is 7.85. The van der Waals surface area contributed by atoms with Gasteiger partial charge in [0.25, 0.3) is 5.91 Å². The highest BCUT2D eigenvalue weighted by atomic mass is 16.5. The van der Waals surface area contributed by atoms with E-state index < -0.39 is 12.1 Å². The van der Waals surface area contributed by atoms with Crippen LogP contribution in [0.5, 0.6) is 5.75 Å². The van der Waals surface area contributed by atoms with Crippen molar-refractivity contribution < 1.29 is 19.1 Å². The van der Waals surface area contributed by atoms with E-state index in [4.69, 9.17) is 9.47 Å². The van der Waals surface area contributed by atoms with E-state index in [0.29, 0.717) is 5.75 Å². The second-order valence-electron chi connectivity index (χ2n) is 5.17. The molecule has 0 aliphatic rings. The Morgan fingerprint density at radius 1 is 1.00 bits per heavy atom. The van der Waals surface area contributed by atoms with Crippen LogP contribution in [0, 0.1) is 0 Å². The first kappa shape index (κ1) is 17.5. The Kier molecular flexibility index (Phi) is 6.37. The zero-order valence-electron chi connectivity index (χ0n) is 13.8. The number of carbonyl (C=O) groups excluding carboxylic acids is 2. The highest BCUT2D eigenvalue weighted by Crippen LogP contribution is 2.22. The molecule has 2 aromatic rings. The summed E-state index contributed by atoms with van der Waals surface area (Å²) in [5.74, 6) is -0.242. The highest BCUT2D eigenvalue weighted by Gasteiger charge is 2.15. The van der Waals surface area contributed by atoms with E-state index in [-0.39, 0.29) is 19.1 Å². The quantitative estimate of drug-likeness (QED) is 0.794. The molecule has 1 N–H and O–H groups in total. The summed E-state index contributed by atoms with van der Waals surface area (Å²) in [4.78, 5) is 23.1. The Bertz CT molecular complexity index is 668. The molecule has 0 aromatic heterocycles. The van der Waals surface area contributed by atoms with Gasteiger partial charge >= 0.3 is 5.97 Å². The van der Waals surface area contributed by atoms with Crippen LogP contribution < -0.4 is 10.1 Å². The molecule has 0 aliphatic carbocycles. The average Bonchev–Trinajstić information content (AvgIpc) is 2.61. The van der Waals surface area contributed by atoms with Gasteiger partial charge in [0, 0.05) is 0 Å². The Morgan fingerprint density at radius 3 is 2.25 bits per heavy atom. The lowest BCUT2D eigenvalue weighted by molar-refractivity contribution is -0.144. The molecule has 126 valence electrons. The first-order chi connectivity index (χ1) is 11.6. The van der Waals surface area contributed by atoms with Gasteiger partial charge in [0.1, 0.15) is 12.3 Å². The molecular formula is C19H21NO4. The largest absolute Gasteiger partial charge is 0.481 e. The van der Waals surface area contributed by atoms with Crippen LogP contribution in [0.2, 0.25) is 0 Å². The van der Waals surface area contributed by atoms with E-state index in [9.17, 15) is 9.59 Å². The number of amides is 1. The van der Waals surface area contributed by atoms with Crippen LogP contribution in [0.25, 0.3) is 11.1 Å². The third-order valence-corrected chi connectivity index (χ3v) is 3.36. The summed E-state index contributed by atoms with van der Waals surface area (Å²) in [6.07, 6.45) is -0.706. The molecule has 0 saturated heterocycles. The summed E-state index contributed by atoms with van der Waals surface area (Å²) >= 11 is 0. The van der Waals surface area contributed by atoms with E-state index in [1.807, 2.05) is 54.6 Å². The number of esters is 1. The summed E-state index contributed by atoms with van der Waals surface area (Å²) in [5, 5.41) is 2.49. The smallest absolute Gasteiger partial charge is 0.325 e. The van der Waals surface area contributed by atoms with E-state index in [1.54, 1.807) is 13.8 Å². The zero-order valence-corrected chi connectivity index (χ0v) is 13.8. The van der Waals surface area contributed by atoms with Crippen LogP contribution in [0.3, 0.4) is 0 Å². The molecule has 0 bridgehead atoms. The molecule has 0 saturated carbocycles. The maximum Gasteiger partial charge on any atom is 0.325 e. The van der Waals surface area contributed by atoms with Crippen LogP contribution in [0.1, 0.15) is 13.8 Å². The minimum absolute atomic E-state index is 0.159. The van der Waals surface area contributed by atoms with Crippen LogP contribution in [0.4, 0.5) is 0 Å². The molecule has 1 atom stereocenters. The molecular weight excluding hydrogens is 306 g/mol. The molecule has 0 radical (unpaired) electrons. The fraction of sp³-hybridized carbons (Fsp3) is 0.263. The normalized spacial score (nSPS) is 11.4. The van der Waals surface area contributed by atoms with E-state index in [2.05, 4.69) is 5.32 Å². The van der Waals surface area contributed by atoms with Gasteiger partial charge in [-0.05, 0) is 37.1 Å². The Balaban J connectivity index is 1.88. The van der Waals surface area contributed by atoms with E-state index >= 15 is 0 Å². The van der Waals surface area contributed by atoms with Gasteiger partial charge in [-0.1, -0.05) is 42.5 Å². The summed E-state index contributed by atoms with van der Waals surface area (Å²) < 4.78 is 10.3. The minimum atomic E-state index is -0.706. The van der Waals surface area contributed by atoms with Crippen LogP contribution >= 0.6 is 0 Å². The van der Waals surface area contributed by atoms with Gasteiger partial charge in [-0.3, -0.25) is 9.59 Å². The molecule has 0 aliphatic heterocycles. The number of rotatable bonds is 7. The van der Waals surface area contributed by atoms with Crippen molar-refractivity contribution in [1.29, 1.82) is 0 Å². The zero-order chi connectivity index (χ0) is 17.4. The summed E-state index contributed by atoms with van der Waals surface area (Å²) in [7, 11) is 0. The predicted molar refractivity (Wildman–Crippen MR) is 91.6 cm³/mol. The second kappa shape index (κ2) is 8.72. The van der Waals surface area contributed by atoms with Gasteiger partial charge in [0.15, 0.2) is 6.10 Å². The van der Waals surface area contributed by atoms with Gasteiger partial charge in [-0.15, -0.1) is 0 Å². The van der Waals surface area contributed by atoms with Crippen LogP contribution in [-0.2, 0) is 14.3 Å². The van der Waals surface area contributed by atoms with Crippen LogP contribution in [0.15, 0.2) is 54.6 Å². The second-order valence-corrected chi connectivity index (χ2v) is 5.17. The molecule has 5 nitrogen and oxygen atoms in total. The standard InChI is InChI=1S/C19H21NO4/c1-3-23-18(21)13-20-19(22)14(2)24-17-11-9-16(10-12-17)15-7-5-4-6-8-15/h4-12,14H,3,13H2,1-2H3,(H,20,22). The van der Waals surface area contributed by atoms with Gasteiger partial charge in [0.2, 0.25) is 0 Å². The molecule has 2 rings (SSSR count). The monoisotopic (exact) mass is 327 g/mol. The van der Waals surface area contributed by atoms with Crippen molar-refractivity contribution in [2.75, 3.05) is 13.2 Å². The van der Waals surface area contributed by atoms with Crippen LogP contribution in [-0.4, -0.2) is 31.1 Å². The lowest BCUT2D eigenvalue weighted by Crippen LogP contribution is -2.39. The van der Waals surface area contributed by atoms with Crippen molar-refractivity contribution >= 4 is 11.9 Å². The van der Waals surface area contributed by atoms with Gasteiger partial charge < -0.3 is 14.8 Å². The lowest BCUT2D eigenvalue weighted by atomic mass is 10.1. The van der Waals surface area contributed by atoms with Crippen molar-refractivity contribution in [3.05, 3.63) is 54.6 Å². The van der Waals surface area contributed by atoms with E-state index in [0.717, 1.165) is 11.1 Å². The predicted octanol–water partition coefficient (Wildman–Crippen LogP) is 2.80. The lowest BCUT2D eigenvalue weighted by Gasteiger charge is -2.14. The summed E-state index contributed by atoms with van der Waals surface area (Å²) in [6.45, 7) is 3.47. The van der Waals surface area contributed by atoms with Crippen molar-refractivity contribution in [3.63, 3.8) is 0 Å². The average molecular weight is 327 g/mol. The first-order valence-electron chi connectivity index (χ1n) is 7.85. The number of nitrogens with one attached hydrogen (secondary N) is 1. The number of carbonyl (C=O) groups is 2. The highest BCUT2D eigenvalue weighted by molar-refractivity contribution is 5.84. The number of hydrogen-bond donors (Lipinski definition) is 1. The van der Waals surface area contributed by atoms with E-state index in [1.165, 1.54) is 0 Å². The number of benzene rings is 2.